The number of halogens is 14. The molecule has 0 radical (unpaired) electrons. The molecule has 200 valence electrons. The topological polar surface area (TPSA) is 0 Å². The van der Waals surface area contributed by atoms with Gasteiger partial charge in [-0.05, 0) is 36.5 Å². The Kier molecular flexibility index (Phi) is 9.65. The number of rotatable bonds is 10. The highest BCUT2D eigenvalue weighted by atomic mass is 19.4. The van der Waals surface area contributed by atoms with Gasteiger partial charge in [-0.1, -0.05) is 34.1 Å². The Labute approximate surface area is 182 Å². The smallest absolute Gasteiger partial charge is 0.224 e. The van der Waals surface area contributed by atoms with Gasteiger partial charge in [-0.3, -0.25) is 0 Å². The molecule has 0 saturated carbocycles. The molecule has 0 aliphatic rings. The van der Waals surface area contributed by atoms with E-state index in [4.69, 9.17) is 0 Å². The van der Waals surface area contributed by atoms with E-state index in [1.54, 1.807) is 13.8 Å². The Bertz CT molecular complexity index is 538. The van der Waals surface area contributed by atoms with Crippen molar-refractivity contribution in [1.82, 2.24) is 0 Å². The highest BCUT2D eigenvalue weighted by molar-refractivity contribution is 5.01. The van der Waals surface area contributed by atoms with Crippen LogP contribution in [-0.4, -0.2) is 36.0 Å². The normalized spacial score (nSPS) is 15.6. The molecule has 0 N–H and O–H groups in total. The quantitative estimate of drug-likeness (QED) is 0.252. The van der Waals surface area contributed by atoms with Gasteiger partial charge < -0.3 is 0 Å². The van der Waals surface area contributed by atoms with Crippen LogP contribution in [0.15, 0.2) is 0 Å². The second-order valence-electron chi connectivity index (χ2n) is 9.50. The van der Waals surface area contributed by atoms with Crippen molar-refractivity contribution in [3.63, 3.8) is 0 Å². The zero-order valence-corrected chi connectivity index (χ0v) is 18.2. The van der Waals surface area contributed by atoms with Crippen LogP contribution in [0.4, 0.5) is 61.5 Å². The summed E-state index contributed by atoms with van der Waals surface area (Å²) in [5.41, 5.74) is -13.2. The highest BCUT2D eigenvalue weighted by Crippen LogP contribution is 2.55. The van der Waals surface area contributed by atoms with Crippen molar-refractivity contribution in [3.05, 3.63) is 0 Å². The number of hydrogen-bond acceptors (Lipinski definition) is 0. The van der Waals surface area contributed by atoms with Crippen LogP contribution in [0, 0.1) is 17.3 Å². The maximum absolute atomic E-state index is 14.2. The van der Waals surface area contributed by atoms with E-state index in [0.717, 1.165) is 0 Å². The van der Waals surface area contributed by atoms with E-state index in [1.165, 1.54) is 13.8 Å². The first-order chi connectivity index (χ1) is 14.2. The van der Waals surface area contributed by atoms with Crippen molar-refractivity contribution in [2.75, 3.05) is 0 Å². The van der Waals surface area contributed by atoms with Gasteiger partial charge in [0.1, 0.15) is 0 Å². The van der Waals surface area contributed by atoms with Crippen molar-refractivity contribution in [3.8, 4) is 0 Å². The number of alkyl halides is 14. The van der Waals surface area contributed by atoms with E-state index in [0.29, 0.717) is 6.42 Å². The van der Waals surface area contributed by atoms with Crippen LogP contribution >= 0.6 is 0 Å². The molecular weight excluding hydrogens is 494 g/mol. The lowest BCUT2D eigenvalue weighted by atomic mass is 9.75. The van der Waals surface area contributed by atoms with E-state index in [2.05, 4.69) is 0 Å². The predicted octanol–water partition coefficient (Wildman–Crippen LogP) is 9.29. The van der Waals surface area contributed by atoms with Gasteiger partial charge in [-0.15, -0.1) is 0 Å². The molecule has 0 bridgehead atoms. The van der Waals surface area contributed by atoms with Crippen molar-refractivity contribution in [2.24, 2.45) is 17.3 Å². The first-order valence-corrected chi connectivity index (χ1v) is 9.85. The first-order valence-electron chi connectivity index (χ1n) is 9.85. The highest BCUT2D eigenvalue weighted by Gasteiger charge is 2.75. The second kappa shape index (κ2) is 9.94. The maximum Gasteiger partial charge on any atom is 0.431 e. The lowest BCUT2D eigenvalue weighted by Crippen LogP contribution is -2.57. The van der Waals surface area contributed by atoms with Gasteiger partial charge in [0.15, 0.2) is 0 Å². The van der Waals surface area contributed by atoms with Crippen LogP contribution < -0.4 is 0 Å². The summed E-state index contributed by atoms with van der Waals surface area (Å²) >= 11 is 0. The second-order valence-corrected chi connectivity index (χ2v) is 9.50. The molecule has 0 saturated heterocycles. The summed E-state index contributed by atoms with van der Waals surface area (Å²) in [7, 11) is 0. The zero-order chi connectivity index (χ0) is 26.9. The Morgan fingerprint density at radius 3 is 1.00 bits per heavy atom. The largest absolute Gasteiger partial charge is 0.431 e. The van der Waals surface area contributed by atoms with E-state index < -0.39 is 73.1 Å². The molecule has 0 heterocycles. The predicted molar refractivity (Wildman–Crippen MR) is 91.7 cm³/mol. The minimum atomic E-state index is -6.70. The Morgan fingerprint density at radius 1 is 0.485 bits per heavy atom. The summed E-state index contributed by atoms with van der Waals surface area (Å²) in [6, 6.07) is 0. The minimum absolute atomic E-state index is 0.0861. The van der Waals surface area contributed by atoms with Gasteiger partial charge in [-0.25, -0.2) is 8.78 Å². The van der Waals surface area contributed by atoms with Crippen LogP contribution in [-0.2, 0) is 0 Å². The summed E-state index contributed by atoms with van der Waals surface area (Å²) in [6.07, 6.45) is -33.3. The average Bonchev–Trinajstić information content (AvgIpc) is 2.54. The molecule has 14 heteroatoms. The molecule has 0 amide bonds. The minimum Gasteiger partial charge on any atom is -0.224 e. The molecule has 0 unspecified atom stereocenters. The average molecular weight is 520 g/mol. The van der Waals surface area contributed by atoms with E-state index >= 15 is 0 Å². The van der Waals surface area contributed by atoms with E-state index in [-0.39, 0.29) is 12.3 Å². The van der Waals surface area contributed by atoms with E-state index in [9.17, 15) is 61.5 Å². The molecule has 0 atom stereocenters. The molecule has 0 nitrogen and oxygen atoms in total. The Balaban J connectivity index is 6.26. The van der Waals surface area contributed by atoms with Crippen LogP contribution in [0.2, 0.25) is 0 Å². The molecule has 0 aliphatic carbocycles. The molecule has 0 spiro atoms. The molecular formula is C19H26F14. The van der Waals surface area contributed by atoms with Crippen molar-refractivity contribution in [2.45, 2.75) is 102 Å². The van der Waals surface area contributed by atoms with Crippen LogP contribution in [0.3, 0.4) is 0 Å². The summed E-state index contributed by atoms with van der Waals surface area (Å²) in [4.78, 5) is 0. The molecule has 0 aromatic heterocycles. The fraction of sp³-hybridized carbons (Fsp3) is 1.00. The van der Waals surface area contributed by atoms with E-state index in [1.807, 2.05) is 0 Å². The molecule has 0 rings (SSSR count). The van der Waals surface area contributed by atoms with Crippen LogP contribution in [0.5, 0.6) is 0 Å². The third kappa shape index (κ3) is 8.03. The zero-order valence-electron chi connectivity index (χ0n) is 18.2. The fourth-order valence-corrected chi connectivity index (χ4v) is 3.26. The molecule has 33 heavy (non-hydrogen) atoms. The summed E-state index contributed by atoms with van der Waals surface area (Å²) in [6.45, 7) is 6.43. The van der Waals surface area contributed by atoms with Gasteiger partial charge in [0.2, 0.25) is 0 Å². The van der Waals surface area contributed by atoms with Crippen molar-refractivity contribution in [1.29, 1.82) is 0 Å². The molecule has 0 aromatic rings. The lowest BCUT2D eigenvalue weighted by Gasteiger charge is -2.38. The van der Waals surface area contributed by atoms with Crippen molar-refractivity contribution >= 4 is 0 Å². The van der Waals surface area contributed by atoms with Crippen LogP contribution in [0.1, 0.15) is 66.2 Å². The SMILES string of the molecule is CC(C)CCC(C)(C)CCC(CC(F)(C(F)(F)F)C(F)(F)F)CC(F)(C(F)(F)F)C(F)(F)F. The lowest BCUT2D eigenvalue weighted by molar-refractivity contribution is -0.356. The third-order valence-corrected chi connectivity index (χ3v) is 5.57. The number of hydrogen-bond donors (Lipinski definition) is 0. The summed E-state index contributed by atoms with van der Waals surface area (Å²) in [5, 5.41) is 0. The van der Waals surface area contributed by atoms with Crippen LogP contribution in [0.25, 0.3) is 0 Å². The van der Waals surface area contributed by atoms with Gasteiger partial charge in [0.25, 0.3) is 11.3 Å². The summed E-state index contributed by atoms with van der Waals surface area (Å²) in [5.74, 6) is -2.80. The molecule has 0 aliphatic heterocycles. The Morgan fingerprint density at radius 2 is 0.758 bits per heavy atom. The van der Waals surface area contributed by atoms with Gasteiger partial charge in [0.05, 0.1) is 0 Å². The first kappa shape index (κ1) is 32.0. The fourth-order valence-electron chi connectivity index (χ4n) is 3.26. The monoisotopic (exact) mass is 520 g/mol. The molecule has 0 aromatic carbocycles. The maximum atomic E-state index is 14.2. The van der Waals surface area contributed by atoms with Gasteiger partial charge in [-0.2, -0.15) is 52.7 Å². The third-order valence-electron chi connectivity index (χ3n) is 5.57. The van der Waals surface area contributed by atoms with Gasteiger partial charge >= 0.3 is 24.7 Å². The van der Waals surface area contributed by atoms with Gasteiger partial charge in [0, 0.05) is 12.8 Å². The molecule has 0 fully saturated rings. The Hall–Kier alpha value is -0.980. The van der Waals surface area contributed by atoms with Crippen molar-refractivity contribution < 1.29 is 61.5 Å². The standard InChI is InChI=1S/C19H26F14/c1-11(2)5-7-13(3,4)8-6-12(9-14(20,16(22,23)24)17(25,26)27)10-15(21,18(28,29)30)19(31,32)33/h11-12H,5-10H2,1-4H3. The summed E-state index contributed by atoms with van der Waals surface area (Å²) < 4.78 is 183.